The Kier molecular flexibility index (Phi) is 20.2. The van der Waals surface area contributed by atoms with Crippen molar-refractivity contribution in [2.24, 2.45) is 23.0 Å². The van der Waals surface area contributed by atoms with Crippen LogP contribution in [0.5, 0.6) is 5.75 Å². The number of carbonyl (C=O) groups is 11. The molecule has 12 atom stereocenters. The van der Waals surface area contributed by atoms with Crippen LogP contribution in [0.25, 0.3) is 10.9 Å². The van der Waals surface area contributed by atoms with Crippen LogP contribution >= 0.6 is 12.6 Å². The van der Waals surface area contributed by atoms with E-state index in [0.29, 0.717) is 12.8 Å². The molecule has 2 bridgehead atoms. The minimum absolute atomic E-state index is 0.0278. The monoisotopic (exact) mass is 1160 g/mol. The molecule has 29 heteroatoms. The number of imide groups is 1. The van der Waals surface area contributed by atoms with Crippen LogP contribution in [0.4, 0.5) is 0 Å². The molecule has 2 aromatic rings. The third-order valence-electron chi connectivity index (χ3n) is 14.8. The van der Waals surface area contributed by atoms with E-state index in [4.69, 9.17) is 10.5 Å². The van der Waals surface area contributed by atoms with E-state index in [1.807, 2.05) is 13.8 Å². The predicted molar refractivity (Wildman–Crippen MR) is 288 cm³/mol. The van der Waals surface area contributed by atoms with Gasteiger partial charge in [-0.3, -0.25) is 61.8 Å². The molecule has 80 heavy (non-hydrogen) atoms. The third kappa shape index (κ3) is 14.8. The van der Waals surface area contributed by atoms with Crippen molar-refractivity contribution in [1.29, 1.82) is 0 Å². The first kappa shape index (κ1) is 62.5. The highest BCUT2D eigenvalue weighted by Gasteiger charge is 2.48. The molecular formula is C51H73N11O16S2. The Hall–Kier alpha value is -6.69. The average Bonchev–Trinajstić information content (AvgIpc) is 4.10. The zero-order chi connectivity index (χ0) is 59.3. The third-order valence-corrected chi connectivity index (χ3v) is 16.6. The summed E-state index contributed by atoms with van der Waals surface area (Å²) in [7, 11) is -2.45. The first-order valence-corrected chi connectivity index (χ1v) is 28.1. The van der Waals surface area contributed by atoms with Gasteiger partial charge in [0.2, 0.25) is 65.0 Å². The first-order chi connectivity index (χ1) is 37.4. The van der Waals surface area contributed by atoms with E-state index >= 15 is 4.21 Å². The number of likely N-dealkylation sites (tertiary alicyclic amines) is 1. The number of rotatable bonds is 13. The maximum Gasteiger partial charge on any atom is 0.246 e. The molecule has 27 nitrogen and oxygen atoms in total. The van der Waals surface area contributed by atoms with E-state index < -0.39 is 198 Å². The molecule has 4 aliphatic heterocycles. The molecular weight excluding hydrogens is 1090 g/mol. The van der Waals surface area contributed by atoms with Crippen molar-refractivity contribution in [3.63, 3.8) is 0 Å². The number of nitrogens with zero attached hydrogens (tertiary/aromatic N) is 2. The van der Waals surface area contributed by atoms with Crippen molar-refractivity contribution in [2.45, 2.75) is 151 Å². The van der Waals surface area contributed by atoms with E-state index in [1.165, 1.54) is 17.9 Å². The molecule has 440 valence electrons. The Morgan fingerprint density at radius 2 is 1.51 bits per heavy atom. The van der Waals surface area contributed by atoms with Crippen LogP contribution in [-0.4, -0.2) is 197 Å². The fourth-order valence-corrected chi connectivity index (χ4v) is 12.3. The van der Waals surface area contributed by atoms with Gasteiger partial charge in [-0.25, -0.2) is 0 Å². The number of thiol groups is 1. The lowest BCUT2D eigenvalue weighted by molar-refractivity contribution is -0.146. The number of benzene rings is 1. The summed E-state index contributed by atoms with van der Waals surface area (Å²) in [6.45, 7) is 9.01. The lowest BCUT2D eigenvalue weighted by Gasteiger charge is -2.40. The van der Waals surface area contributed by atoms with Gasteiger partial charge in [-0.15, -0.1) is 0 Å². The van der Waals surface area contributed by atoms with E-state index in [9.17, 15) is 68.1 Å². The van der Waals surface area contributed by atoms with Crippen LogP contribution in [0, 0.1) is 17.3 Å². The number of carbonyl (C=O) groups excluding carboxylic acids is 11. The number of fused-ring (bicyclic) bond motifs is 5. The summed E-state index contributed by atoms with van der Waals surface area (Å²) in [6, 6.07) is -5.52. The smallest absolute Gasteiger partial charge is 0.246 e. The molecule has 11 amide bonds. The first-order valence-electron chi connectivity index (χ1n) is 26.3. The Morgan fingerprint density at radius 3 is 2.14 bits per heavy atom. The molecule has 1 aromatic carbocycles. The number of H-pyrrole nitrogens is 1. The lowest BCUT2D eigenvalue weighted by Crippen LogP contribution is -2.62. The number of aliphatic hydroxyl groups excluding tert-OH is 3. The predicted octanol–water partition coefficient (Wildman–Crippen LogP) is -3.99. The molecule has 13 N–H and O–H groups in total. The quantitative estimate of drug-likeness (QED) is 0.0672. The van der Waals surface area contributed by atoms with Crippen molar-refractivity contribution in [3.8, 4) is 5.75 Å². The topological polar surface area (TPSA) is 407 Å². The number of aliphatic hydroxyl groups is 3. The van der Waals surface area contributed by atoms with Crippen molar-refractivity contribution in [1.82, 2.24) is 52.0 Å². The second-order valence-electron chi connectivity index (χ2n) is 22.4. The van der Waals surface area contributed by atoms with Crippen molar-refractivity contribution in [3.05, 3.63) is 23.8 Å². The average molecular weight is 1160 g/mol. The highest BCUT2D eigenvalue weighted by molar-refractivity contribution is 7.85. The zero-order valence-electron chi connectivity index (χ0n) is 45.5. The van der Waals surface area contributed by atoms with Crippen molar-refractivity contribution >= 4 is 99.3 Å². The van der Waals surface area contributed by atoms with Gasteiger partial charge < -0.3 is 72.9 Å². The molecule has 2 saturated heterocycles. The van der Waals surface area contributed by atoms with Crippen LogP contribution in [-0.2, 0) is 70.0 Å². The summed E-state index contributed by atoms with van der Waals surface area (Å²) >= 11 is 4.27. The van der Waals surface area contributed by atoms with Crippen LogP contribution in [0.3, 0.4) is 0 Å². The number of hydrogen-bond acceptors (Lipinski definition) is 17. The van der Waals surface area contributed by atoms with E-state index in [2.05, 4.69) is 54.8 Å². The Balaban J connectivity index is 1.50. The summed E-state index contributed by atoms with van der Waals surface area (Å²) in [4.78, 5) is 157. The van der Waals surface area contributed by atoms with E-state index in [-0.39, 0.29) is 46.2 Å². The summed E-state index contributed by atoms with van der Waals surface area (Å²) in [5, 5.41) is 48.5. The molecule has 2 unspecified atom stereocenters. The Morgan fingerprint density at radius 1 is 0.850 bits per heavy atom. The zero-order valence-corrected chi connectivity index (χ0v) is 47.3. The van der Waals surface area contributed by atoms with Crippen LogP contribution in [0.2, 0.25) is 0 Å². The number of aromatic nitrogens is 1. The van der Waals surface area contributed by atoms with Gasteiger partial charge in [0, 0.05) is 54.1 Å². The van der Waals surface area contributed by atoms with Gasteiger partial charge in [-0.05, 0) is 43.9 Å². The normalized spacial score (nSPS) is 27.6. The standard InChI is InChI=1S/C51H73N11O16S2/c1-8-23(2)40-45(73)54-16-37(67)55-32-20-80(77)47-28(27-10-9-26(12-29(27)58-47)78-22-50(4,5)21-51(6,7)62-39(69)15-35(79)49(62)76)13-30(42(70)53-17-38(68)59-40)56-46(74)41(24(3)34(65)19-63)60-44(72)33-11-25(64)18-61(33)48(75)31(14-36(52)66)57-43(32)71/h9-10,12,23-25,30-35,40-41,58,63-65,79H,8,11,13-22H2,1-7H3,(H2,52,66)(H,53,70)(H,54,73)(H,55,67)(H,56,74)(H,57,71)(H,59,68)(H,60,72)/t23-,24-,25+,30+,31-,32-,33-,34-,35?,40-,41-,80?/m0/s1. The van der Waals surface area contributed by atoms with Crippen LogP contribution in [0.15, 0.2) is 23.2 Å². The van der Waals surface area contributed by atoms with Crippen molar-refractivity contribution < 1.29 is 77.0 Å². The fourth-order valence-electron chi connectivity index (χ4n) is 10.6. The minimum Gasteiger partial charge on any atom is -0.493 e. The maximum absolute atomic E-state index is 15.1. The van der Waals surface area contributed by atoms with E-state index in [1.54, 1.807) is 39.8 Å². The minimum atomic E-state index is -2.45. The number of nitrogens with two attached hydrogens (primary N) is 1. The summed E-state index contributed by atoms with van der Waals surface area (Å²) in [5.41, 5.74) is 4.28. The summed E-state index contributed by atoms with van der Waals surface area (Å²) in [5.74, 6) is -12.5. The molecule has 6 rings (SSSR count). The molecule has 0 radical (unpaired) electrons. The molecule has 5 heterocycles. The molecule has 0 aliphatic carbocycles. The maximum atomic E-state index is 15.1. The fraction of sp³-hybridized carbons (Fsp3) is 0.627. The number of hydrogen-bond donors (Lipinski definition) is 13. The van der Waals surface area contributed by atoms with Gasteiger partial charge >= 0.3 is 0 Å². The summed E-state index contributed by atoms with van der Waals surface area (Å²) < 4.78 is 21.4. The van der Waals surface area contributed by atoms with Gasteiger partial charge in [0.1, 0.15) is 47.0 Å². The number of aromatic amines is 1. The molecule has 0 spiro atoms. The van der Waals surface area contributed by atoms with Gasteiger partial charge in [0.25, 0.3) is 0 Å². The van der Waals surface area contributed by atoms with Crippen LogP contribution < -0.4 is 47.7 Å². The summed E-state index contributed by atoms with van der Waals surface area (Å²) in [6.07, 6.45) is -4.29. The van der Waals surface area contributed by atoms with Gasteiger partial charge in [0.15, 0.2) is 0 Å². The highest BCUT2D eigenvalue weighted by atomic mass is 32.2. The highest BCUT2D eigenvalue weighted by Crippen LogP contribution is 2.37. The number of primary amides is 1. The van der Waals surface area contributed by atoms with Gasteiger partial charge in [0.05, 0.1) is 72.3 Å². The Bertz CT molecular complexity index is 2810. The number of nitrogens with one attached hydrogen (secondary N) is 8. The van der Waals surface area contributed by atoms with E-state index in [0.717, 1.165) is 4.90 Å². The molecule has 1 aromatic heterocycles. The number of ether oxygens (including phenoxy) is 1. The van der Waals surface area contributed by atoms with Crippen molar-refractivity contribution in [2.75, 3.05) is 38.6 Å². The molecule has 4 aliphatic rings. The largest absolute Gasteiger partial charge is 0.493 e. The second kappa shape index (κ2) is 25.8. The number of amides is 11. The molecule has 0 saturated carbocycles. The van der Waals surface area contributed by atoms with Gasteiger partial charge in [-0.1, -0.05) is 41.0 Å². The molecule has 2 fully saturated rings. The Labute approximate surface area is 469 Å². The second-order valence-corrected chi connectivity index (χ2v) is 24.4. The SMILES string of the molecule is CC[C@H](C)[C@@H]1NC(=O)CNC(=O)[C@H]2Cc3c([nH]c4cc(OCC(C)(C)CC(C)(C)N5C(=O)CC(S)C5=O)ccc34)S(=O)C[C@H](NC(=O)CNC1=O)C(=O)N[C@@H](CC(N)=O)C(=O)N1C[C@H](O)C[C@H]1C(=O)N[C@@H]([C@@H](C)[C@@H](O)CO)C(=O)N2. The van der Waals surface area contributed by atoms with Gasteiger partial charge in [-0.2, -0.15) is 12.6 Å². The lowest BCUT2D eigenvalue weighted by atomic mass is 9.80. The van der Waals surface area contributed by atoms with Crippen LogP contribution in [0.1, 0.15) is 86.1 Å².